The first-order valence-corrected chi connectivity index (χ1v) is 5.62. The van der Waals surface area contributed by atoms with E-state index in [2.05, 4.69) is 0 Å². The van der Waals surface area contributed by atoms with Gasteiger partial charge in [0.2, 0.25) is 0 Å². The summed E-state index contributed by atoms with van der Waals surface area (Å²) in [5.41, 5.74) is 1.74. The van der Waals surface area contributed by atoms with Crippen LogP contribution >= 0.6 is 0 Å². The van der Waals surface area contributed by atoms with Crippen molar-refractivity contribution in [2.24, 2.45) is 0 Å². The minimum Gasteiger partial charge on any atom is -0.206 e. The standard InChI is InChI=1S/C16H9FN2/c17-16-8-4-3-7-15(16)14-6-2-1-5-13(14)9-12(10-18)11-19/h1-9H. The molecule has 0 heterocycles. The zero-order chi connectivity index (χ0) is 13.7. The van der Waals surface area contributed by atoms with Crippen molar-refractivity contribution >= 4 is 6.08 Å². The lowest BCUT2D eigenvalue weighted by molar-refractivity contribution is 0.631. The van der Waals surface area contributed by atoms with E-state index in [1.165, 1.54) is 12.1 Å². The van der Waals surface area contributed by atoms with Crippen LogP contribution in [0.2, 0.25) is 0 Å². The monoisotopic (exact) mass is 248 g/mol. The molecule has 90 valence electrons. The third kappa shape index (κ3) is 2.68. The highest BCUT2D eigenvalue weighted by molar-refractivity contribution is 5.78. The molecule has 0 unspecified atom stereocenters. The number of nitrogens with zero attached hydrogens (tertiary/aromatic N) is 2. The van der Waals surface area contributed by atoms with Crippen LogP contribution in [0.15, 0.2) is 54.1 Å². The molecule has 2 aromatic rings. The van der Waals surface area contributed by atoms with Gasteiger partial charge in [-0.25, -0.2) is 4.39 Å². The molecule has 0 spiro atoms. The molecule has 2 nitrogen and oxygen atoms in total. The van der Waals surface area contributed by atoms with E-state index in [0.29, 0.717) is 16.7 Å². The maximum Gasteiger partial charge on any atom is 0.131 e. The van der Waals surface area contributed by atoms with Crippen LogP contribution in [0.5, 0.6) is 0 Å². The van der Waals surface area contributed by atoms with Crippen molar-refractivity contribution in [2.75, 3.05) is 0 Å². The summed E-state index contributed by atoms with van der Waals surface area (Å²) in [5, 5.41) is 17.6. The lowest BCUT2D eigenvalue weighted by Crippen LogP contribution is -1.87. The van der Waals surface area contributed by atoms with Gasteiger partial charge < -0.3 is 0 Å². The highest BCUT2D eigenvalue weighted by Gasteiger charge is 2.08. The average Bonchev–Trinajstić information content (AvgIpc) is 2.46. The van der Waals surface area contributed by atoms with Gasteiger partial charge in [0.05, 0.1) is 0 Å². The van der Waals surface area contributed by atoms with Gasteiger partial charge in [-0.05, 0) is 23.3 Å². The summed E-state index contributed by atoms with van der Waals surface area (Å²) < 4.78 is 13.8. The van der Waals surface area contributed by atoms with E-state index in [-0.39, 0.29) is 11.4 Å². The lowest BCUT2D eigenvalue weighted by Gasteiger charge is -2.07. The van der Waals surface area contributed by atoms with Gasteiger partial charge in [0, 0.05) is 5.56 Å². The van der Waals surface area contributed by atoms with Crippen molar-refractivity contribution < 1.29 is 4.39 Å². The van der Waals surface area contributed by atoms with Crippen LogP contribution in [0.1, 0.15) is 5.56 Å². The number of benzene rings is 2. The number of rotatable bonds is 2. The Balaban J connectivity index is 2.62. The van der Waals surface area contributed by atoms with Crippen LogP contribution in [-0.2, 0) is 0 Å². The normalized spacial score (nSPS) is 9.21. The molecule has 0 aliphatic heterocycles. The molecule has 0 saturated heterocycles. The Morgan fingerprint density at radius 1 is 0.895 bits per heavy atom. The first kappa shape index (κ1) is 12.5. The molecule has 0 atom stereocenters. The molecular weight excluding hydrogens is 239 g/mol. The van der Waals surface area contributed by atoms with Crippen molar-refractivity contribution in [1.29, 1.82) is 10.5 Å². The largest absolute Gasteiger partial charge is 0.206 e. The molecule has 0 bridgehead atoms. The summed E-state index contributed by atoms with van der Waals surface area (Å²) in [6.07, 6.45) is 1.46. The van der Waals surface area contributed by atoms with Gasteiger partial charge in [-0.3, -0.25) is 0 Å². The highest BCUT2D eigenvalue weighted by Crippen LogP contribution is 2.27. The molecule has 0 amide bonds. The molecule has 2 aromatic carbocycles. The summed E-state index contributed by atoms with van der Waals surface area (Å²) in [4.78, 5) is 0. The third-order valence-corrected chi connectivity index (χ3v) is 2.67. The quantitative estimate of drug-likeness (QED) is 0.756. The number of hydrogen-bond acceptors (Lipinski definition) is 2. The topological polar surface area (TPSA) is 47.6 Å². The Labute approximate surface area is 110 Å². The van der Waals surface area contributed by atoms with Crippen LogP contribution in [0.3, 0.4) is 0 Å². The zero-order valence-corrected chi connectivity index (χ0v) is 9.97. The third-order valence-electron chi connectivity index (χ3n) is 2.67. The molecule has 0 aliphatic carbocycles. The first-order chi connectivity index (χ1) is 9.26. The Morgan fingerprint density at radius 2 is 1.47 bits per heavy atom. The van der Waals surface area contributed by atoms with E-state index >= 15 is 0 Å². The molecule has 19 heavy (non-hydrogen) atoms. The number of nitriles is 2. The smallest absolute Gasteiger partial charge is 0.131 e. The Kier molecular flexibility index (Phi) is 3.71. The number of halogens is 1. The van der Waals surface area contributed by atoms with Gasteiger partial charge in [-0.15, -0.1) is 0 Å². The van der Waals surface area contributed by atoms with Crippen molar-refractivity contribution in [2.45, 2.75) is 0 Å². The van der Waals surface area contributed by atoms with Gasteiger partial charge in [0.15, 0.2) is 0 Å². The number of hydrogen-bond donors (Lipinski definition) is 0. The van der Waals surface area contributed by atoms with Crippen LogP contribution < -0.4 is 0 Å². The van der Waals surface area contributed by atoms with E-state index in [0.717, 1.165) is 0 Å². The summed E-state index contributed by atoms with van der Waals surface area (Å²) in [6, 6.07) is 17.1. The van der Waals surface area contributed by atoms with E-state index in [9.17, 15) is 4.39 Å². The molecule has 0 radical (unpaired) electrons. The molecule has 0 aromatic heterocycles. The Morgan fingerprint density at radius 3 is 2.11 bits per heavy atom. The highest BCUT2D eigenvalue weighted by atomic mass is 19.1. The maximum atomic E-state index is 13.8. The summed E-state index contributed by atoms with van der Waals surface area (Å²) >= 11 is 0. The molecule has 0 fully saturated rings. The van der Waals surface area contributed by atoms with Crippen molar-refractivity contribution in [3.8, 4) is 23.3 Å². The minimum atomic E-state index is -0.334. The van der Waals surface area contributed by atoms with E-state index in [1.807, 2.05) is 0 Å². The Bertz CT molecular complexity index is 702. The maximum absolute atomic E-state index is 13.8. The van der Waals surface area contributed by atoms with Crippen LogP contribution in [0.4, 0.5) is 4.39 Å². The second-order valence-electron chi connectivity index (χ2n) is 3.85. The SMILES string of the molecule is N#CC(C#N)=Cc1ccccc1-c1ccccc1F. The predicted molar refractivity (Wildman–Crippen MR) is 71.0 cm³/mol. The van der Waals surface area contributed by atoms with Crippen molar-refractivity contribution in [3.05, 3.63) is 65.5 Å². The summed E-state index contributed by atoms with van der Waals surface area (Å²) in [7, 11) is 0. The molecular formula is C16H9FN2. The fraction of sp³-hybridized carbons (Fsp3) is 0. The Hall–Kier alpha value is -2.91. The van der Waals surface area contributed by atoms with Gasteiger partial charge in [0.25, 0.3) is 0 Å². The molecule has 0 saturated carbocycles. The zero-order valence-electron chi connectivity index (χ0n) is 9.97. The predicted octanol–water partition coefficient (Wildman–Crippen LogP) is 3.92. The second kappa shape index (κ2) is 5.62. The summed E-state index contributed by atoms with van der Waals surface area (Å²) in [5.74, 6) is -0.334. The second-order valence-corrected chi connectivity index (χ2v) is 3.85. The first-order valence-electron chi connectivity index (χ1n) is 5.62. The van der Waals surface area contributed by atoms with Crippen LogP contribution in [-0.4, -0.2) is 0 Å². The van der Waals surface area contributed by atoms with Gasteiger partial charge in [-0.1, -0.05) is 42.5 Å². The van der Waals surface area contributed by atoms with Gasteiger partial charge >= 0.3 is 0 Å². The molecule has 0 N–H and O–H groups in total. The van der Waals surface area contributed by atoms with E-state index in [1.54, 1.807) is 54.6 Å². The van der Waals surface area contributed by atoms with Gasteiger partial charge in [-0.2, -0.15) is 10.5 Å². The van der Waals surface area contributed by atoms with Gasteiger partial charge in [0.1, 0.15) is 23.5 Å². The summed E-state index contributed by atoms with van der Waals surface area (Å²) in [6.45, 7) is 0. The van der Waals surface area contributed by atoms with E-state index in [4.69, 9.17) is 10.5 Å². The molecule has 2 rings (SSSR count). The molecule has 3 heteroatoms. The number of allylic oxidation sites excluding steroid dienone is 1. The van der Waals surface area contributed by atoms with Crippen LogP contribution in [0.25, 0.3) is 17.2 Å². The van der Waals surface area contributed by atoms with Crippen LogP contribution in [0, 0.1) is 28.5 Å². The minimum absolute atomic E-state index is 0.0104. The lowest BCUT2D eigenvalue weighted by atomic mass is 9.98. The average molecular weight is 248 g/mol. The van der Waals surface area contributed by atoms with Crippen molar-refractivity contribution in [3.63, 3.8) is 0 Å². The fourth-order valence-corrected chi connectivity index (χ4v) is 1.79. The van der Waals surface area contributed by atoms with E-state index < -0.39 is 0 Å². The fourth-order valence-electron chi connectivity index (χ4n) is 1.79. The molecule has 0 aliphatic rings. The van der Waals surface area contributed by atoms with Crippen molar-refractivity contribution in [1.82, 2.24) is 0 Å².